The van der Waals surface area contributed by atoms with E-state index < -0.39 is 0 Å². The van der Waals surface area contributed by atoms with Crippen LogP contribution >= 0.6 is 0 Å². The fourth-order valence-corrected chi connectivity index (χ4v) is 7.10. The average Bonchev–Trinajstić information content (AvgIpc) is 3.40. The third-order valence-electron chi connectivity index (χ3n) is 8.02. The number of rotatable bonds is 5. The van der Waals surface area contributed by atoms with Crippen LogP contribution in [0.5, 0.6) is 0 Å². The Hall–Kier alpha value is -2.89. The molecule has 6 nitrogen and oxygen atoms in total. The number of para-hydroxylation sites is 1. The van der Waals surface area contributed by atoms with Gasteiger partial charge in [0, 0.05) is 31.9 Å². The highest BCUT2D eigenvalue weighted by Crippen LogP contribution is 2.61. The number of hydrogen-bond donors (Lipinski definition) is 0. The number of carbonyl (C=O) groups is 1. The molecule has 0 radical (unpaired) electrons. The molecule has 166 valence electrons. The molecule has 4 aliphatic rings. The third-order valence-corrected chi connectivity index (χ3v) is 8.02. The topological polar surface area (TPSA) is 56.0 Å². The molecular formula is C26H31N5O. The van der Waals surface area contributed by atoms with Gasteiger partial charge in [0.1, 0.15) is 0 Å². The largest absolute Gasteiger partial charge is 0.336 e. The molecule has 4 bridgehead atoms. The Bertz CT molecular complexity index is 1110. The zero-order valence-electron chi connectivity index (χ0n) is 18.9. The Morgan fingerprint density at radius 3 is 2.28 bits per heavy atom. The molecule has 4 aliphatic carbocycles. The minimum Gasteiger partial charge on any atom is -0.336 e. The second-order valence-electron chi connectivity index (χ2n) is 10.5. The predicted octanol–water partition coefficient (Wildman–Crippen LogP) is 4.35. The number of benzene rings is 1. The maximum absolute atomic E-state index is 13.8. The first kappa shape index (κ1) is 19.8. The SMILES string of the molecule is CN(Cc1ccn(C)n1)C(=O)c1cn(-c2ccccc2)nc1C12CC3CC(CC(C3)C1)C2. The number of amides is 1. The van der Waals surface area contributed by atoms with Gasteiger partial charge in [0.05, 0.1) is 29.2 Å². The van der Waals surface area contributed by atoms with E-state index in [-0.39, 0.29) is 11.3 Å². The standard InChI is InChI=1S/C26H31N5O/c1-29(16-21-8-9-30(2)27-21)25(32)23-17-31(22-6-4-3-5-7-22)28-24(23)26-13-18-10-19(14-26)12-20(11-18)15-26/h3-9,17-20H,10-16H2,1-2H3. The molecule has 0 aliphatic heterocycles. The van der Waals surface area contributed by atoms with E-state index in [0.717, 1.165) is 40.4 Å². The monoisotopic (exact) mass is 429 g/mol. The zero-order valence-corrected chi connectivity index (χ0v) is 18.9. The Kier molecular flexibility index (Phi) is 4.52. The molecule has 4 fully saturated rings. The molecule has 32 heavy (non-hydrogen) atoms. The summed E-state index contributed by atoms with van der Waals surface area (Å²) in [7, 11) is 3.78. The van der Waals surface area contributed by atoms with Crippen LogP contribution in [0.3, 0.4) is 0 Å². The summed E-state index contributed by atoms with van der Waals surface area (Å²) in [5.41, 5.74) is 3.78. The summed E-state index contributed by atoms with van der Waals surface area (Å²) in [4.78, 5) is 15.5. The highest BCUT2D eigenvalue weighted by molar-refractivity contribution is 5.95. The Balaban J connectivity index is 1.40. The van der Waals surface area contributed by atoms with Crippen LogP contribution < -0.4 is 0 Å². The van der Waals surface area contributed by atoms with Crippen molar-refractivity contribution < 1.29 is 4.79 Å². The molecule has 0 N–H and O–H groups in total. The van der Waals surface area contributed by atoms with Crippen LogP contribution in [0.15, 0.2) is 48.8 Å². The van der Waals surface area contributed by atoms with Gasteiger partial charge in [-0.3, -0.25) is 9.48 Å². The van der Waals surface area contributed by atoms with Crippen molar-refractivity contribution in [2.75, 3.05) is 7.05 Å². The van der Waals surface area contributed by atoms with Crippen LogP contribution in [0.1, 0.15) is 60.3 Å². The molecular weight excluding hydrogens is 398 g/mol. The molecule has 1 amide bonds. The van der Waals surface area contributed by atoms with Crippen LogP contribution in [0.2, 0.25) is 0 Å². The van der Waals surface area contributed by atoms with Crippen molar-refractivity contribution in [3.63, 3.8) is 0 Å². The van der Waals surface area contributed by atoms with Crippen LogP contribution in [0.25, 0.3) is 5.69 Å². The predicted molar refractivity (Wildman–Crippen MR) is 122 cm³/mol. The molecule has 0 unspecified atom stereocenters. The smallest absolute Gasteiger partial charge is 0.257 e. The van der Waals surface area contributed by atoms with Crippen molar-refractivity contribution in [3.8, 4) is 5.69 Å². The van der Waals surface area contributed by atoms with E-state index in [1.54, 1.807) is 9.58 Å². The number of hydrogen-bond acceptors (Lipinski definition) is 3. The van der Waals surface area contributed by atoms with E-state index in [4.69, 9.17) is 5.10 Å². The van der Waals surface area contributed by atoms with Gasteiger partial charge in [0.2, 0.25) is 0 Å². The van der Waals surface area contributed by atoms with Crippen molar-refractivity contribution in [1.29, 1.82) is 0 Å². The summed E-state index contributed by atoms with van der Waals surface area (Å²) in [5.74, 6) is 2.45. The van der Waals surface area contributed by atoms with Crippen LogP contribution in [-0.2, 0) is 19.0 Å². The van der Waals surface area contributed by atoms with Crippen LogP contribution in [0, 0.1) is 17.8 Å². The highest BCUT2D eigenvalue weighted by atomic mass is 16.2. The number of carbonyl (C=O) groups excluding carboxylic acids is 1. The average molecular weight is 430 g/mol. The summed E-state index contributed by atoms with van der Waals surface area (Å²) in [6, 6.07) is 12.1. The number of aromatic nitrogens is 4. The molecule has 0 saturated heterocycles. The molecule has 0 spiro atoms. The molecule has 0 atom stereocenters. The van der Waals surface area contributed by atoms with E-state index in [9.17, 15) is 4.79 Å². The first-order chi connectivity index (χ1) is 15.5. The first-order valence-corrected chi connectivity index (χ1v) is 11.9. The zero-order chi connectivity index (χ0) is 21.9. The van der Waals surface area contributed by atoms with Crippen molar-refractivity contribution in [2.24, 2.45) is 24.8 Å². The van der Waals surface area contributed by atoms with Gasteiger partial charge in [0.25, 0.3) is 5.91 Å². The van der Waals surface area contributed by atoms with E-state index in [1.807, 2.05) is 55.4 Å². The van der Waals surface area contributed by atoms with Gasteiger partial charge in [-0.25, -0.2) is 4.68 Å². The lowest BCUT2D eigenvalue weighted by atomic mass is 9.48. The maximum Gasteiger partial charge on any atom is 0.257 e. The van der Waals surface area contributed by atoms with Gasteiger partial charge in [-0.1, -0.05) is 18.2 Å². The van der Waals surface area contributed by atoms with Crippen molar-refractivity contribution in [2.45, 2.75) is 50.5 Å². The van der Waals surface area contributed by atoms with Gasteiger partial charge in [0.15, 0.2) is 0 Å². The lowest BCUT2D eigenvalue weighted by Gasteiger charge is -2.56. The summed E-state index contributed by atoms with van der Waals surface area (Å²) < 4.78 is 3.71. The minimum atomic E-state index is 0.0450. The van der Waals surface area contributed by atoms with Crippen molar-refractivity contribution in [3.05, 3.63) is 65.7 Å². The normalized spacial score (nSPS) is 28.2. The van der Waals surface area contributed by atoms with Gasteiger partial charge in [-0.15, -0.1) is 0 Å². The van der Waals surface area contributed by atoms with E-state index in [1.165, 1.54) is 38.5 Å². The molecule has 6 heteroatoms. The van der Waals surface area contributed by atoms with E-state index in [2.05, 4.69) is 17.2 Å². The number of aryl methyl sites for hydroxylation is 1. The minimum absolute atomic E-state index is 0.0450. The lowest BCUT2D eigenvalue weighted by molar-refractivity contribution is -0.00783. The highest BCUT2D eigenvalue weighted by Gasteiger charge is 2.54. The second-order valence-corrected chi connectivity index (χ2v) is 10.5. The van der Waals surface area contributed by atoms with Gasteiger partial charge in [-0.05, 0) is 74.5 Å². The summed E-state index contributed by atoms with van der Waals surface area (Å²) in [6.07, 6.45) is 11.6. The summed E-state index contributed by atoms with van der Waals surface area (Å²) in [5, 5.41) is 9.59. The molecule has 7 rings (SSSR count). The van der Waals surface area contributed by atoms with Crippen molar-refractivity contribution in [1.82, 2.24) is 24.5 Å². The quantitative estimate of drug-likeness (QED) is 0.606. The second kappa shape index (κ2) is 7.32. The van der Waals surface area contributed by atoms with Crippen molar-refractivity contribution >= 4 is 5.91 Å². The van der Waals surface area contributed by atoms with E-state index >= 15 is 0 Å². The van der Waals surface area contributed by atoms with Gasteiger partial charge >= 0.3 is 0 Å². The lowest BCUT2D eigenvalue weighted by Crippen LogP contribution is -2.49. The Morgan fingerprint density at radius 1 is 1.03 bits per heavy atom. The molecule has 1 aromatic carbocycles. The van der Waals surface area contributed by atoms with Crippen LogP contribution in [0.4, 0.5) is 0 Å². The maximum atomic E-state index is 13.8. The Morgan fingerprint density at radius 2 is 1.69 bits per heavy atom. The number of nitrogens with zero attached hydrogens (tertiary/aromatic N) is 5. The third kappa shape index (κ3) is 3.28. The van der Waals surface area contributed by atoms with Crippen LogP contribution in [-0.4, -0.2) is 37.4 Å². The molecule has 3 aromatic rings. The van der Waals surface area contributed by atoms with Gasteiger partial charge in [-0.2, -0.15) is 10.2 Å². The first-order valence-electron chi connectivity index (χ1n) is 11.9. The fraction of sp³-hybridized carbons (Fsp3) is 0.500. The molecule has 2 heterocycles. The summed E-state index contributed by atoms with van der Waals surface area (Å²) >= 11 is 0. The molecule has 2 aromatic heterocycles. The summed E-state index contributed by atoms with van der Waals surface area (Å²) in [6.45, 7) is 0.497. The fourth-order valence-electron chi connectivity index (χ4n) is 7.10. The van der Waals surface area contributed by atoms with Gasteiger partial charge < -0.3 is 4.90 Å². The molecule has 4 saturated carbocycles. The van der Waals surface area contributed by atoms with E-state index in [0.29, 0.717) is 6.54 Å². The Labute approximate surface area is 189 Å².